The van der Waals surface area contributed by atoms with Gasteiger partial charge in [-0.05, 0) is 37.8 Å². The molecule has 2 aliphatic rings. The van der Waals surface area contributed by atoms with Crippen molar-refractivity contribution < 1.29 is 19.0 Å². The third kappa shape index (κ3) is 7.47. The highest BCUT2D eigenvalue weighted by Crippen LogP contribution is 2.29. The molecule has 1 aromatic rings. The first kappa shape index (κ1) is 22.9. The standard InChI is InChI=1S/C24H38N2O4/c1-2-3-4-9-16-29-23-13-8-6-11-21(23)25-24(27)30-22-12-7-5-10-20(22)19-26-14-17-28-18-15-26/h6,8,11,13,20,22H,2-5,7,9-10,12,14-19H2,1H3,(H,25,27). The highest BCUT2D eigenvalue weighted by molar-refractivity contribution is 5.86. The Balaban J connectivity index is 1.50. The topological polar surface area (TPSA) is 60.0 Å². The monoisotopic (exact) mass is 418 g/mol. The highest BCUT2D eigenvalue weighted by Gasteiger charge is 2.30. The van der Waals surface area contributed by atoms with E-state index in [1.165, 1.54) is 25.7 Å². The summed E-state index contributed by atoms with van der Waals surface area (Å²) >= 11 is 0. The summed E-state index contributed by atoms with van der Waals surface area (Å²) in [5, 5.41) is 2.91. The SMILES string of the molecule is CCCCCCOc1ccccc1NC(=O)OC1CCCCC1CN1CCOCC1. The van der Waals surface area contributed by atoms with E-state index in [0.717, 1.165) is 58.5 Å². The number of hydrogen-bond donors (Lipinski definition) is 1. The molecule has 0 radical (unpaired) electrons. The minimum Gasteiger partial charge on any atom is -0.491 e. The largest absolute Gasteiger partial charge is 0.491 e. The van der Waals surface area contributed by atoms with Gasteiger partial charge in [0.2, 0.25) is 0 Å². The van der Waals surface area contributed by atoms with Gasteiger partial charge in [0.1, 0.15) is 11.9 Å². The first-order valence-corrected chi connectivity index (χ1v) is 11.8. The van der Waals surface area contributed by atoms with Crippen molar-refractivity contribution in [1.29, 1.82) is 0 Å². The third-order valence-electron chi connectivity index (χ3n) is 6.07. The molecule has 1 aliphatic heterocycles. The van der Waals surface area contributed by atoms with Crippen LogP contribution in [0, 0.1) is 5.92 Å². The van der Waals surface area contributed by atoms with Crippen LogP contribution in [-0.2, 0) is 9.47 Å². The number of nitrogens with one attached hydrogen (secondary N) is 1. The van der Waals surface area contributed by atoms with E-state index in [4.69, 9.17) is 14.2 Å². The summed E-state index contributed by atoms with van der Waals surface area (Å²) in [6.07, 6.45) is 8.61. The van der Waals surface area contributed by atoms with E-state index >= 15 is 0 Å². The second kappa shape index (κ2) is 12.8. The van der Waals surface area contributed by atoms with Crippen LogP contribution in [0.25, 0.3) is 0 Å². The van der Waals surface area contributed by atoms with Crippen LogP contribution in [0.4, 0.5) is 10.5 Å². The van der Waals surface area contributed by atoms with Crippen LogP contribution < -0.4 is 10.1 Å². The maximum Gasteiger partial charge on any atom is 0.412 e. The number of anilines is 1. The van der Waals surface area contributed by atoms with Crippen molar-refractivity contribution in [3.05, 3.63) is 24.3 Å². The summed E-state index contributed by atoms with van der Waals surface area (Å²) in [5.41, 5.74) is 0.679. The second-order valence-corrected chi connectivity index (χ2v) is 8.43. The van der Waals surface area contributed by atoms with Crippen molar-refractivity contribution in [2.45, 2.75) is 64.4 Å². The molecule has 1 amide bonds. The number of amides is 1. The number of hydrogen-bond acceptors (Lipinski definition) is 5. The fourth-order valence-electron chi connectivity index (χ4n) is 4.34. The zero-order valence-electron chi connectivity index (χ0n) is 18.4. The molecular weight excluding hydrogens is 380 g/mol. The molecule has 30 heavy (non-hydrogen) atoms. The van der Waals surface area contributed by atoms with Gasteiger partial charge in [0.05, 0.1) is 25.5 Å². The normalized spacial score (nSPS) is 22.4. The van der Waals surface area contributed by atoms with Crippen molar-refractivity contribution in [1.82, 2.24) is 4.90 Å². The van der Waals surface area contributed by atoms with Crippen molar-refractivity contribution in [3.63, 3.8) is 0 Å². The van der Waals surface area contributed by atoms with Crippen molar-refractivity contribution >= 4 is 11.8 Å². The summed E-state index contributed by atoms with van der Waals surface area (Å²) in [7, 11) is 0. The quantitative estimate of drug-likeness (QED) is 0.537. The number of ether oxygens (including phenoxy) is 3. The predicted molar refractivity (Wildman–Crippen MR) is 119 cm³/mol. The minimum absolute atomic E-state index is 0.0243. The number of benzene rings is 1. The van der Waals surface area contributed by atoms with Crippen LogP contribution in [0.2, 0.25) is 0 Å². The van der Waals surface area contributed by atoms with Gasteiger partial charge in [0.15, 0.2) is 0 Å². The Bertz CT molecular complexity index is 633. The van der Waals surface area contributed by atoms with Gasteiger partial charge in [-0.25, -0.2) is 4.79 Å². The number of nitrogens with zero attached hydrogens (tertiary/aromatic N) is 1. The second-order valence-electron chi connectivity index (χ2n) is 8.43. The maximum absolute atomic E-state index is 12.7. The lowest BCUT2D eigenvalue weighted by atomic mass is 9.86. The Hall–Kier alpha value is -1.79. The average molecular weight is 419 g/mol. The smallest absolute Gasteiger partial charge is 0.412 e. The van der Waals surface area contributed by atoms with Gasteiger partial charge in [-0.3, -0.25) is 10.2 Å². The molecule has 1 N–H and O–H groups in total. The molecule has 0 aromatic heterocycles. The van der Waals surface area contributed by atoms with Gasteiger partial charge >= 0.3 is 6.09 Å². The van der Waals surface area contributed by atoms with Gasteiger partial charge < -0.3 is 14.2 Å². The van der Waals surface area contributed by atoms with Crippen LogP contribution in [-0.4, -0.2) is 56.6 Å². The van der Waals surface area contributed by atoms with E-state index < -0.39 is 0 Å². The van der Waals surface area contributed by atoms with Gasteiger partial charge in [-0.2, -0.15) is 0 Å². The molecule has 2 unspecified atom stereocenters. The molecule has 3 rings (SSSR count). The van der Waals surface area contributed by atoms with Crippen molar-refractivity contribution in [3.8, 4) is 5.75 Å². The Labute approximate surface area is 181 Å². The van der Waals surface area contributed by atoms with Crippen molar-refractivity contribution in [2.75, 3.05) is 44.8 Å². The number of carbonyl (C=O) groups excluding carboxylic acids is 1. The summed E-state index contributed by atoms with van der Waals surface area (Å²) in [5.74, 6) is 1.10. The van der Waals surface area contributed by atoms with Crippen LogP contribution in [0.15, 0.2) is 24.3 Å². The predicted octanol–water partition coefficient (Wildman–Crippen LogP) is 5.09. The zero-order valence-corrected chi connectivity index (χ0v) is 18.4. The van der Waals surface area contributed by atoms with E-state index in [1.54, 1.807) is 0 Å². The molecule has 1 saturated carbocycles. The molecular formula is C24H38N2O4. The minimum atomic E-state index is -0.379. The first-order valence-electron chi connectivity index (χ1n) is 11.8. The maximum atomic E-state index is 12.7. The molecule has 0 spiro atoms. The Morgan fingerprint density at radius 3 is 2.77 bits per heavy atom. The number of morpholine rings is 1. The van der Waals surface area contributed by atoms with Gasteiger partial charge in [-0.15, -0.1) is 0 Å². The van der Waals surface area contributed by atoms with E-state index in [1.807, 2.05) is 24.3 Å². The first-order chi connectivity index (χ1) is 14.8. The summed E-state index contributed by atoms with van der Waals surface area (Å²) in [6.45, 7) is 7.39. The lowest BCUT2D eigenvalue weighted by Crippen LogP contribution is -2.44. The van der Waals surface area contributed by atoms with Gasteiger partial charge in [0.25, 0.3) is 0 Å². The summed E-state index contributed by atoms with van der Waals surface area (Å²) in [6, 6.07) is 7.60. The molecule has 6 heteroatoms. The molecule has 1 aromatic carbocycles. The van der Waals surface area contributed by atoms with Crippen LogP contribution in [0.3, 0.4) is 0 Å². The summed E-state index contributed by atoms with van der Waals surface area (Å²) in [4.78, 5) is 15.1. The fraction of sp³-hybridized carbons (Fsp3) is 0.708. The van der Waals surface area contributed by atoms with Gasteiger partial charge in [0, 0.05) is 25.6 Å². The highest BCUT2D eigenvalue weighted by atomic mass is 16.6. The molecule has 2 fully saturated rings. The average Bonchev–Trinajstić information content (AvgIpc) is 2.77. The summed E-state index contributed by atoms with van der Waals surface area (Å²) < 4.78 is 17.3. The van der Waals surface area contributed by atoms with Crippen LogP contribution in [0.5, 0.6) is 5.75 Å². The van der Waals surface area contributed by atoms with Crippen molar-refractivity contribution in [2.24, 2.45) is 5.92 Å². The van der Waals surface area contributed by atoms with E-state index in [2.05, 4.69) is 17.1 Å². The number of carbonyl (C=O) groups is 1. The number of rotatable bonds is 10. The van der Waals surface area contributed by atoms with Crippen LogP contribution in [0.1, 0.15) is 58.3 Å². The Kier molecular flexibility index (Phi) is 9.77. The third-order valence-corrected chi connectivity index (χ3v) is 6.07. The zero-order chi connectivity index (χ0) is 21.0. The molecule has 0 bridgehead atoms. The Morgan fingerprint density at radius 2 is 1.93 bits per heavy atom. The Morgan fingerprint density at radius 1 is 1.13 bits per heavy atom. The van der Waals surface area contributed by atoms with Crippen LogP contribution >= 0.6 is 0 Å². The molecule has 6 nitrogen and oxygen atoms in total. The number of unbranched alkanes of at least 4 members (excludes halogenated alkanes) is 3. The number of para-hydroxylation sites is 2. The molecule has 1 heterocycles. The van der Waals surface area contributed by atoms with E-state index in [0.29, 0.717) is 24.0 Å². The lowest BCUT2D eigenvalue weighted by molar-refractivity contribution is -0.00352. The van der Waals surface area contributed by atoms with Gasteiger partial charge in [-0.1, -0.05) is 44.7 Å². The molecule has 2 atom stereocenters. The fourth-order valence-corrected chi connectivity index (χ4v) is 4.34. The van der Waals surface area contributed by atoms with E-state index in [-0.39, 0.29) is 12.2 Å². The molecule has 1 aliphatic carbocycles. The lowest BCUT2D eigenvalue weighted by Gasteiger charge is -2.36. The molecule has 1 saturated heterocycles. The molecule has 168 valence electrons. The van der Waals surface area contributed by atoms with E-state index in [9.17, 15) is 4.79 Å².